The van der Waals surface area contributed by atoms with Crippen LogP contribution in [0.3, 0.4) is 0 Å². The lowest BCUT2D eigenvalue weighted by Crippen LogP contribution is -2.48. The molecule has 160 valence electrons. The maximum Gasteiger partial charge on any atom is 0.273 e. The number of benzene rings is 2. The first-order valence-corrected chi connectivity index (χ1v) is 10.5. The molecule has 2 aromatic rings. The van der Waals surface area contributed by atoms with Crippen molar-refractivity contribution in [2.45, 2.75) is 39.8 Å². The number of amides is 2. The smallest absolute Gasteiger partial charge is 0.273 e. The van der Waals surface area contributed by atoms with Crippen molar-refractivity contribution in [3.63, 3.8) is 0 Å². The zero-order valence-corrected chi connectivity index (χ0v) is 18.9. The molecule has 0 bridgehead atoms. The summed E-state index contributed by atoms with van der Waals surface area (Å²) in [5, 5.41) is 14.2. The molecule has 0 fully saturated rings. The third-order valence-electron chi connectivity index (χ3n) is 4.65. The van der Waals surface area contributed by atoms with Gasteiger partial charge in [-0.2, -0.15) is 0 Å². The molecule has 2 rings (SSSR count). The molecule has 2 aromatic carbocycles. The standard InChI is InChI=1S/C22H26BrN3O4/c1-15(2)13-24-22(28)16(3)25(14-17-8-10-19(23)11-9-17)21(27)12-18-6-4-5-7-20(18)26(29)30/h4-11,15-16H,12-14H2,1-3H3,(H,24,28). The van der Waals surface area contributed by atoms with E-state index < -0.39 is 11.0 Å². The molecule has 1 atom stereocenters. The number of nitrogens with one attached hydrogen (secondary N) is 1. The fourth-order valence-electron chi connectivity index (χ4n) is 2.92. The molecule has 0 aliphatic rings. The molecule has 0 radical (unpaired) electrons. The summed E-state index contributed by atoms with van der Waals surface area (Å²) in [6, 6.07) is 12.9. The van der Waals surface area contributed by atoms with E-state index in [2.05, 4.69) is 21.2 Å². The Balaban J connectivity index is 2.27. The van der Waals surface area contributed by atoms with Gasteiger partial charge in [0.1, 0.15) is 6.04 Å². The number of halogens is 1. The fraction of sp³-hybridized carbons (Fsp3) is 0.364. The highest BCUT2D eigenvalue weighted by Crippen LogP contribution is 2.21. The van der Waals surface area contributed by atoms with Crippen molar-refractivity contribution >= 4 is 33.4 Å². The highest BCUT2D eigenvalue weighted by molar-refractivity contribution is 9.10. The van der Waals surface area contributed by atoms with E-state index in [4.69, 9.17) is 0 Å². The topological polar surface area (TPSA) is 92.6 Å². The van der Waals surface area contributed by atoms with Crippen LogP contribution in [0.5, 0.6) is 0 Å². The maximum atomic E-state index is 13.2. The van der Waals surface area contributed by atoms with Crippen LogP contribution < -0.4 is 5.32 Å². The number of hydrogen-bond donors (Lipinski definition) is 1. The first-order chi connectivity index (χ1) is 14.2. The summed E-state index contributed by atoms with van der Waals surface area (Å²) in [7, 11) is 0. The van der Waals surface area contributed by atoms with Gasteiger partial charge < -0.3 is 10.2 Å². The highest BCUT2D eigenvalue weighted by atomic mass is 79.9. The first kappa shape index (κ1) is 23.5. The molecule has 0 spiro atoms. The Hall–Kier alpha value is -2.74. The number of carbonyl (C=O) groups excluding carboxylic acids is 2. The van der Waals surface area contributed by atoms with Crippen LogP contribution in [0.15, 0.2) is 53.0 Å². The quantitative estimate of drug-likeness (QED) is 0.436. The van der Waals surface area contributed by atoms with Gasteiger partial charge in [0.25, 0.3) is 5.69 Å². The monoisotopic (exact) mass is 475 g/mol. The largest absolute Gasteiger partial charge is 0.354 e. The van der Waals surface area contributed by atoms with Gasteiger partial charge in [0.05, 0.1) is 11.3 Å². The Morgan fingerprint density at radius 3 is 2.33 bits per heavy atom. The Morgan fingerprint density at radius 2 is 1.73 bits per heavy atom. The lowest BCUT2D eigenvalue weighted by Gasteiger charge is -2.29. The molecule has 1 unspecified atom stereocenters. The number of carbonyl (C=O) groups is 2. The molecule has 0 aliphatic carbocycles. The van der Waals surface area contributed by atoms with Gasteiger partial charge in [-0.1, -0.05) is 60.1 Å². The normalized spacial score (nSPS) is 11.8. The summed E-state index contributed by atoms with van der Waals surface area (Å²) >= 11 is 3.38. The molecule has 8 heteroatoms. The number of nitro groups is 1. The van der Waals surface area contributed by atoms with Crippen LogP contribution in [-0.4, -0.2) is 34.2 Å². The van der Waals surface area contributed by atoms with Gasteiger partial charge in [-0.25, -0.2) is 0 Å². The molecule has 7 nitrogen and oxygen atoms in total. The second-order valence-corrected chi connectivity index (χ2v) is 8.44. The van der Waals surface area contributed by atoms with E-state index in [1.165, 1.54) is 11.0 Å². The molecule has 0 aliphatic heterocycles. The van der Waals surface area contributed by atoms with Crippen LogP contribution in [0.4, 0.5) is 5.69 Å². The highest BCUT2D eigenvalue weighted by Gasteiger charge is 2.27. The van der Waals surface area contributed by atoms with Gasteiger partial charge in [-0.3, -0.25) is 19.7 Å². The van der Waals surface area contributed by atoms with Crippen molar-refractivity contribution in [3.8, 4) is 0 Å². The van der Waals surface area contributed by atoms with Crippen LogP contribution >= 0.6 is 15.9 Å². The van der Waals surface area contributed by atoms with E-state index in [9.17, 15) is 19.7 Å². The van der Waals surface area contributed by atoms with Crippen molar-refractivity contribution in [1.82, 2.24) is 10.2 Å². The SMILES string of the molecule is CC(C)CNC(=O)C(C)N(Cc1ccc(Br)cc1)C(=O)Cc1ccccc1[N+](=O)[O-]. The van der Waals surface area contributed by atoms with Crippen molar-refractivity contribution in [1.29, 1.82) is 0 Å². The van der Waals surface area contributed by atoms with E-state index >= 15 is 0 Å². The molecule has 0 saturated heterocycles. The minimum atomic E-state index is -0.720. The van der Waals surface area contributed by atoms with Crippen LogP contribution in [0.1, 0.15) is 31.9 Å². The minimum absolute atomic E-state index is 0.105. The lowest BCUT2D eigenvalue weighted by atomic mass is 10.1. The van der Waals surface area contributed by atoms with Crippen molar-refractivity contribution in [2.24, 2.45) is 5.92 Å². The van der Waals surface area contributed by atoms with E-state index in [0.29, 0.717) is 12.1 Å². The lowest BCUT2D eigenvalue weighted by molar-refractivity contribution is -0.385. The molecular weight excluding hydrogens is 450 g/mol. The Bertz CT molecular complexity index is 900. The van der Waals surface area contributed by atoms with E-state index in [-0.39, 0.29) is 36.4 Å². The Morgan fingerprint density at radius 1 is 1.10 bits per heavy atom. The summed E-state index contributed by atoms with van der Waals surface area (Å²) in [5.74, 6) is -0.320. The molecule has 1 N–H and O–H groups in total. The van der Waals surface area contributed by atoms with Gasteiger partial charge in [-0.15, -0.1) is 0 Å². The minimum Gasteiger partial charge on any atom is -0.354 e. The van der Waals surface area contributed by atoms with E-state index in [0.717, 1.165) is 10.0 Å². The number of rotatable bonds is 9. The van der Waals surface area contributed by atoms with Gasteiger partial charge in [-0.05, 0) is 30.5 Å². The van der Waals surface area contributed by atoms with E-state index in [1.807, 2.05) is 38.1 Å². The Labute approximate surface area is 184 Å². The van der Waals surface area contributed by atoms with Crippen molar-refractivity contribution in [2.75, 3.05) is 6.54 Å². The summed E-state index contributed by atoms with van der Waals surface area (Å²) in [6.07, 6.45) is -0.157. The zero-order chi connectivity index (χ0) is 22.3. The summed E-state index contributed by atoms with van der Waals surface area (Å²) < 4.78 is 0.909. The molecule has 0 saturated carbocycles. The summed E-state index contributed by atoms with van der Waals surface area (Å²) in [4.78, 5) is 38.1. The fourth-order valence-corrected chi connectivity index (χ4v) is 3.19. The van der Waals surface area contributed by atoms with Gasteiger partial charge >= 0.3 is 0 Å². The van der Waals surface area contributed by atoms with Crippen LogP contribution in [0.25, 0.3) is 0 Å². The molecule has 0 aromatic heterocycles. The van der Waals surface area contributed by atoms with E-state index in [1.54, 1.807) is 25.1 Å². The summed E-state index contributed by atoms with van der Waals surface area (Å²) in [6.45, 7) is 6.39. The van der Waals surface area contributed by atoms with Gasteiger partial charge in [0, 0.05) is 29.2 Å². The third-order valence-corrected chi connectivity index (χ3v) is 5.18. The summed E-state index contributed by atoms with van der Waals surface area (Å²) in [5.41, 5.74) is 1.08. The molecular formula is C22H26BrN3O4. The number of para-hydroxylation sites is 1. The van der Waals surface area contributed by atoms with Gasteiger partial charge in [0.2, 0.25) is 11.8 Å². The number of hydrogen-bond acceptors (Lipinski definition) is 4. The number of nitrogens with zero attached hydrogens (tertiary/aromatic N) is 2. The molecule has 2 amide bonds. The molecule has 30 heavy (non-hydrogen) atoms. The van der Waals surface area contributed by atoms with Crippen LogP contribution in [-0.2, 0) is 22.6 Å². The Kier molecular flexibility index (Phi) is 8.53. The van der Waals surface area contributed by atoms with Crippen molar-refractivity contribution in [3.05, 3.63) is 74.2 Å². The van der Waals surface area contributed by atoms with Crippen LogP contribution in [0.2, 0.25) is 0 Å². The van der Waals surface area contributed by atoms with Crippen molar-refractivity contribution < 1.29 is 14.5 Å². The second-order valence-electron chi connectivity index (χ2n) is 7.53. The second kappa shape index (κ2) is 10.9. The predicted octanol–water partition coefficient (Wildman–Crippen LogP) is 4.09. The average Bonchev–Trinajstić information content (AvgIpc) is 2.71. The third kappa shape index (κ3) is 6.66. The zero-order valence-electron chi connectivity index (χ0n) is 17.3. The van der Waals surface area contributed by atoms with Gasteiger partial charge in [0.15, 0.2) is 0 Å². The maximum absolute atomic E-state index is 13.2. The predicted molar refractivity (Wildman–Crippen MR) is 119 cm³/mol. The average molecular weight is 476 g/mol. The first-order valence-electron chi connectivity index (χ1n) is 9.73. The van der Waals surface area contributed by atoms with Crippen LogP contribution in [0, 0.1) is 16.0 Å². The number of nitro benzene ring substituents is 1. The molecule has 0 heterocycles.